The van der Waals surface area contributed by atoms with E-state index in [0.717, 1.165) is 23.9 Å². The second kappa shape index (κ2) is 6.71. The van der Waals surface area contributed by atoms with Gasteiger partial charge in [-0.25, -0.2) is 0 Å². The zero-order valence-corrected chi connectivity index (χ0v) is 13.1. The first-order valence-corrected chi connectivity index (χ1v) is 7.55. The van der Waals surface area contributed by atoms with E-state index in [2.05, 4.69) is 0 Å². The molecule has 4 nitrogen and oxygen atoms in total. The van der Waals surface area contributed by atoms with Crippen molar-refractivity contribution in [2.75, 3.05) is 6.54 Å². The standard InChI is InChI=1S/C14H10F3NO3S2/c15-14(16,17)9-3-1-8(2-4-9)7-10-12(21)18(13(22)23-10)6-5-11(19)20/h1-4,7H,5-6H2,(H,19,20)/b10-7+. The minimum Gasteiger partial charge on any atom is -0.481 e. The van der Waals surface area contributed by atoms with Crippen LogP contribution in [0.5, 0.6) is 0 Å². The summed E-state index contributed by atoms with van der Waals surface area (Å²) in [6.07, 6.45) is -3.22. The first kappa shape index (κ1) is 17.5. The van der Waals surface area contributed by atoms with Crippen LogP contribution in [0.1, 0.15) is 17.5 Å². The highest BCUT2D eigenvalue weighted by atomic mass is 32.2. The van der Waals surface area contributed by atoms with Crippen LogP contribution in [0.25, 0.3) is 6.08 Å². The highest BCUT2D eigenvalue weighted by molar-refractivity contribution is 8.26. The van der Waals surface area contributed by atoms with Crippen LogP contribution in [0.4, 0.5) is 13.2 Å². The Hall–Kier alpha value is -1.87. The maximum absolute atomic E-state index is 12.5. The zero-order chi connectivity index (χ0) is 17.2. The van der Waals surface area contributed by atoms with Crippen molar-refractivity contribution in [2.45, 2.75) is 12.6 Å². The number of carbonyl (C=O) groups is 2. The summed E-state index contributed by atoms with van der Waals surface area (Å²) >= 11 is 6.01. The molecule has 1 aromatic rings. The SMILES string of the molecule is O=C(O)CCN1C(=O)/C(=C\c2ccc(C(F)(F)F)cc2)SC1=S. The Kier molecular flexibility index (Phi) is 5.10. The second-order valence-corrected chi connectivity index (χ2v) is 6.27. The molecule has 1 aliphatic heterocycles. The molecule has 122 valence electrons. The highest BCUT2D eigenvalue weighted by Crippen LogP contribution is 2.33. The van der Waals surface area contributed by atoms with Gasteiger partial charge in [0.25, 0.3) is 5.91 Å². The van der Waals surface area contributed by atoms with Crippen LogP contribution < -0.4 is 0 Å². The summed E-state index contributed by atoms with van der Waals surface area (Å²) in [5.74, 6) is -1.49. The van der Waals surface area contributed by atoms with E-state index >= 15 is 0 Å². The van der Waals surface area contributed by atoms with Gasteiger partial charge in [0.2, 0.25) is 0 Å². The van der Waals surface area contributed by atoms with E-state index in [9.17, 15) is 22.8 Å². The van der Waals surface area contributed by atoms with Gasteiger partial charge in [-0.1, -0.05) is 36.1 Å². The Bertz CT molecular complexity index is 684. The number of hydrogen-bond acceptors (Lipinski definition) is 4. The Morgan fingerprint density at radius 3 is 2.43 bits per heavy atom. The highest BCUT2D eigenvalue weighted by Gasteiger charge is 2.32. The van der Waals surface area contributed by atoms with E-state index in [1.165, 1.54) is 23.1 Å². The van der Waals surface area contributed by atoms with Gasteiger partial charge < -0.3 is 5.11 Å². The Morgan fingerprint density at radius 2 is 1.91 bits per heavy atom. The number of aliphatic carboxylic acids is 1. The van der Waals surface area contributed by atoms with Crippen LogP contribution in [-0.4, -0.2) is 32.7 Å². The summed E-state index contributed by atoms with van der Waals surface area (Å²) in [6.45, 7) is -0.0373. The molecular weight excluding hydrogens is 351 g/mol. The van der Waals surface area contributed by atoms with Crippen molar-refractivity contribution >= 4 is 46.3 Å². The summed E-state index contributed by atoms with van der Waals surface area (Å²) in [5, 5.41) is 8.64. The molecule has 1 aromatic carbocycles. The van der Waals surface area contributed by atoms with Crippen LogP contribution in [0.3, 0.4) is 0 Å². The van der Waals surface area contributed by atoms with Crippen molar-refractivity contribution in [1.29, 1.82) is 0 Å². The molecular formula is C14H10F3NO3S2. The fraction of sp³-hybridized carbons (Fsp3) is 0.214. The van der Waals surface area contributed by atoms with Gasteiger partial charge in [-0.2, -0.15) is 13.2 Å². The topological polar surface area (TPSA) is 57.6 Å². The normalized spacial score (nSPS) is 17.2. The van der Waals surface area contributed by atoms with Crippen LogP contribution in [0.2, 0.25) is 0 Å². The number of carboxylic acid groups (broad SMARTS) is 1. The van der Waals surface area contributed by atoms with Gasteiger partial charge in [-0.05, 0) is 23.8 Å². The molecule has 1 heterocycles. The lowest BCUT2D eigenvalue weighted by Crippen LogP contribution is -2.30. The average molecular weight is 361 g/mol. The maximum atomic E-state index is 12.5. The number of rotatable bonds is 4. The summed E-state index contributed by atoms with van der Waals surface area (Å²) in [6, 6.07) is 4.37. The summed E-state index contributed by atoms with van der Waals surface area (Å²) in [5.41, 5.74) is -0.347. The molecule has 1 saturated heterocycles. The molecule has 0 atom stereocenters. The molecule has 1 amide bonds. The molecule has 0 unspecified atom stereocenters. The first-order chi connectivity index (χ1) is 10.7. The number of thiocarbonyl (C=S) groups is 1. The minimum absolute atomic E-state index is 0.0373. The van der Waals surface area contributed by atoms with E-state index in [1.807, 2.05) is 0 Å². The number of halogens is 3. The number of carbonyl (C=O) groups excluding carboxylic acids is 1. The molecule has 0 saturated carbocycles. The molecule has 2 rings (SSSR count). The van der Waals surface area contributed by atoms with Crippen LogP contribution in [0, 0.1) is 0 Å². The number of amides is 1. The quantitative estimate of drug-likeness (QED) is 0.658. The third-order valence-electron chi connectivity index (χ3n) is 2.96. The van der Waals surface area contributed by atoms with E-state index in [-0.39, 0.29) is 22.2 Å². The van der Waals surface area contributed by atoms with Gasteiger partial charge in [0.05, 0.1) is 16.9 Å². The molecule has 0 spiro atoms. The van der Waals surface area contributed by atoms with Gasteiger partial charge in [0.15, 0.2) is 0 Å². The molecule has 0 aromatic heterocycles. The molecule has 1 fully saturated rings. The molecule has 1 aliphatic rings. The molecule has 0 aliphatic carbocycles. The number of nitrogens with zero attached hydrogens (tertiary/aromatic N) is 1. The lowest BCUT2D eigenvalue weighted by molar-refractivity contribution is -0.138. The van der Waals surface area contributed by atoms with Crippen molar-refractivity contribution in [2.24, 2.45) is 0 Å². The second-order valence-electron chi connectivity index (χ2n) is 4.60. The van der Waals surface area contributed by atoms with E-state index in [1.54, 1.807) is 0 Å². The lowest BCUT2D eigenvalue weighted by Gasteiger charge is -2.12. The Morgan fingerprint density at radius 1 is 1.30 bits per heavy atom. The third kappa shape index (κ3) is 4.32. The summed E-state index contributed by atoms with van der Waals surface area (Å²) in [4.78, 5) is 24.1. The molecule has 23 heavy (non-hydrogen) atoms. The molecule has 1 N–H and O–H groups in total. The summed E-state index contributed by atoms with van der Waals surface area (Å²) < 4.78 is 37.7. The average Bonchev–Trinajstić information content (AvgIpc) is 2.71. The summed E-state index contributed by atoms with van der Waals surface area (Å²) in [7, 11) is 0. The number of thioether (sulfide) groups is 1. The Labute approximate surface area is 139 Å². The van der Waals surface area contributed by atoms with Gasteiger partial charge in [0, 0.05) is 6.54 Å². The molecule has 0 bridgehead atoms. The number of alkyl halides is 3. The largest absolute Gasteiger partial charge is 0.481 e. The van der Waals surface area contributed by atoms with Gasteiger partial charge in [-0.15, -0.1) is 0 Å². The zero-order valence-electron chi connectivity index (χ0n) is 11.5. The monoisotopic (exact) mass is 361 g/mol. The van der Waals surface area contributed by atoms with Crippen LogP contribution in [0.15, 0.2) is 29.2 Å². The third-order valence-corrected chi connectivity index (χ3v) is 4.34. The molecule has 9 heteroatoms. The number of benzene rings is 1. The van der Waals surface area contributed by atoms with Crippen molar-refractivity contribution in [3.8, 4) is 0 Å². The fourth-order valence-electron chi connectivity index (χ4n) is 1.82. The first-order valence-electron chi connectivity index (χ1n) is 6.33. The predicted octanol–water partition coefficient (Wildman–Crippen LogP) is 3.38. The fourth-order valence-corrected chi connectivity index (χ4v) is 3.13. The molecule has 0 radical (unpaired) electrons. The van der Waals surface area contributed by atoms with E-state index < -0.39 is 23.6 Å². The number of hydrogen-bond donors (Lipinski definition) is 1. The van der Waals surface area contributed by atoms with E-state index in [0.29, 0.717) is 5.56 Å². The van der Waals surface area contributed by atoms with E-state index in [4.69, 9.17) is 17.3 Å². The van der Waals surface area contributed by atoms with Crippen molar-refractivity contribution < 1.29 is 27.9 Å². The predicted molar refractivity (Wildman–Crippen MR) is 83.6 cm³/mol. The minimum atomic E-state index is -4.42. The number of carboxylic acids is 1. The smallest absolute Gasteiger partial charge is 0.416 e. The van der Waals surface area contributed by atoms with Crippen molar-refractivity contribution in [1.82, 2.24) is 4.90 Å². The van der Waals surface area contributed by atoms with Crippen molar-refractivity contribution in [3.05, 3.63) is 40.3 Å². The van der Waals surface area contributed by atoms with Crippen LogP contribution in [-0.2, 0) is 15.8 Å². The van der Waals surface area contributed by atoms with Crippen LogP contribution >= 0.6 is 24.0 Å². The van der Waals surface area contributed by atoms with Crippen molar-refractivity contribution in [3.63, 3.8) is 0 Å². The van der Waals surface area contributed by atoms with Gasteiger partial charge in [0.1, 0.15) is 4.32 Å². The lowest BCUT2D eigenvalue weighted by atomic mass is 10.1. The van der Waals surface area contributed by atoms with Gasteiger partial charge >= 0.3 is 12.1 Å². The maximum Gasteiger partial charge on any atom is 0.416 e. The Balaban J connectivity index is 2.15. The van der Waals surface area contributed by atoms with Gasteiger partial charge in [-0.3, -0.25) is 14.5 Å².